The topological polar surface area (TPSA) is 37.3 Å². The van der Waals surface area contributed by atoms with Crippen molar-refractivity contribution in [3.8, 4) is 11.8 Å². The summed E-state index contributed by atoms with van der Waals surface area (Å²) < 4.78 is 0. The molecule has 0 spiro atoms. The van der Waals surface area contributed by atoms with Crippen LogP contribution < -0.4 is 0 Å². The SMILES string of the molecule is CC#CC(C(=O)O)(C(C)C)C(C)C. The van der Waals surface area contributed by atoms with Gasteiger partial charge in [-0.2, -0.15) is 0 Å². The average Bonchev–Trinajstić information content (AvgIpc) is 1.97. The van der Waals surface area contributed by atoms with Crippen LogP contribution >= 0.6 is 0 Å². The number of carboxylic acid groups (broad SMARTS) is 1. The molecule has 2 heteroatoms. The van der Waals surface area contributed by atoms with Gasteiger partial charge in [0.1, 0.15) is 5.41 Å². The molecular formula is C11H18O2. The van der Waals surface area contributed by atoms with Gasteiger partial charge in [0.25, 0.3) is 0 Å². The lowest BCUT2D eigenvalue weighted by atomic mass is 9.69. The average molecular weight is 182 g/mol. The highest BCUT2D eigenvalue weighted by Crippen LogP contribution is 2.35. The Bertz CT molecular complexity index is 233. The minimum absolute atomic E-state index is 0.0254. The van der Waals surface area contributed by atoms with Crippen LogP contribution in [0.4, 0.5) is 0 Å². The second-order valence-corrected chi connectivity index (χ2v) is 3.86. The number of rotatable bonds is 3. The molecule has 0 aliphatic carbocycles. The first-order valence-corrected chi connectivity index (χ1v) is 4.56. The molecule has 0 aliphatic rings. The third-order valence-corrected chi connectivity index (χ3v) is 2.51. The molecule has 2 nitrogen and oxygen atoms in total. The number of carbonyl (C=O) groups is 1. The number of aliphatic carboxylic acids is 1. The molecule has 0 radical (unpaired) electrons. The molecule has 0 aromatic heterocycles. The Balaban J connectivity index is 5.27. The van der Waals surface area contributed by atoms with E-state index in [-0.39, 0.29) is 11.8 Å². The summed E-state index contributed by atoms with van der Waals surface area (Å²) in [5.74, 6) is 4.80. The van der Waals surface area contributed by atoms with Gasteiger partial charge in [-0.05, 0) is 18.8 Å². The van der Waals surface area contributed by atoms with E-state index in [0.29, 0.717) is 0 Å². The van der Waals surface area contributed by atoms with Crippen LogP contribution in [0.3, 0.4) is 0 Å². The Labute approximate surface area is 80.3 Å². The van der Waals surface area contributed by atoms with Crippen molar-refractivity contribution in [1.82, 2.24) is 0 Å². The van der Waals surface area contributed by atoms with E-state index in [1.54, 1.807) is 6.92 Å². The molecule has 0 unspecified atom stereocenters. The molecule has 0 saturated carbocycles. The summed E-state index contributed by atoms with van der Waals surface area (Å²) in [5.41, 5.74) is -0.894. The van der Waals surface area contributed by atoms with E-state index >= 15 is 0 Å². The van der Waals surface area contributed by atoms with Gasteiger partial charge < -0.3 is 5.11 Å². The summed E-state index contributed by atoms with van der Waals surface area (Å²) in [6.45, 7) is 9.29. The Kier molecular flexibility index (Phi) is 4.00. The number of carboxylic acids is 1. The van der Waals surface area contributed by atoms with Gasteiger partial charge in [0, 0.05) is 0 Å². The van der Waals surface area contributed by atoms with Gasteiger partial charge in [-0.3, -0.25) is 4.79 Å². The highest BCUT2D eigenvalue weighted by molar-refractivity contribution is 5.79. The summed E-state index contributed by atoms with van der Waals surface area (Å²) >= 11 is 0. The molecule has 74 valence electrons. The fourth-order valence-electron chi connectivity index (χ4n) is 1.71. The van der Waals surface area contributed by atoms with Crippen LogP contribution in [0.2, 0.25) is 0 Å². The molecule has 0 amide bonds. The molecule has 0 saturated heterocycles. The molecule has 13 heavy (non-hydrogen) atoms. The number of hydrogen-bond donors (Lipinski definition) is 1. The van der Waals surface area contributed by atoms with Crippen molar-refractivity contribution in [2.75, 3.05) is 0 Å². The molecule has 1 N–H and O–H groups in total. The first kappa shape index (κ1) is 12.0. The van der Waals surface area contributed by atoms with E-state index < -0.39 is 11.4 Å². The van der Waals surface area contributed by atoms with Gasteiger partial charge in [0.15, 0.2) is 0 Å². The maximum Gasteiger partial charge on any atom is 0.322 e. The van der Waals surface area contributed by atoms with Crippen molar-refractivity contribution in [3.63, 3.8) is 0 Å². The van der Waals surface area contributed by atoms with Crippen LogP contribution in [-0.4, -0.2) is 11.1 Å². The second-order valence-electron chi connectivity index (χ2n) is 3.86. The van der Waals surface area contributed by atoms with Crippen molar-refractivity contribution in [3.05, 3.63) is 0 Å². The molecule has 0 aliphatic heterocycles. The van der Waals surface area contributed by atoms with Gasteiger partial charge in [-0.1, -0.05) is 33.6 Å². The van der Waals surface area contributed by atoms with Crippen molar-refractivity contribution < 1.29 is 9.90 Å². The van der Waals surface area contributed by atoms with E-state index in [2.05, 4.69) is 11.8 Å². The molecule has 0 rings (SSSR count). The Morgan fingerprint density at radius 1 is 1.23 bits per heavy atom. The number of hydrogen-bond acceptors (Lipinski definition) is 1. The lowest BCUT2D eigenvalue weighted by molar-refractivity contribution is -0.150. The molecule has 0 atom stereocenters. The highest BCUT2D eigenvalue weighted by Gasteiger charge is 2.43. The van der Waals surface area contributed by atoms with Crippen LogP contribution in [0.15, 0.2) is 0 Å². The summed E-state index contributed by atoms with van der Waals surface area (Å²) in [6.07, 6.45) is 0. The quantitative estimate of drug-likeness (QED) is 0.680. The fraction of sp³-hybridized carbons (Fsp3) is 0.727. The van der Waals surface area contributed by atoms with Gasteiger partial charge in [0.05, 0.1) is 0 Å². The van der Waals surface area contributed by atoms with Crippen molar-refractivity contribution in [2.45, 2.75) is 34.6 Å². The van der Waals surface area contributed by atoms with Crippen molar-refractivity contribution in [1.29, 1.82) is 0 Å². The van der Waals surface area contributed by atoms with Crippen molar-refractivity contribution >= 4 is 5.97 Å². The highest BCUT2D eigenvalue weighted by atomic mass is 16.4. The Morgan fingerprint density at radius 2 is 1.62 bits per heavy atom. The normalized spacial score (nSPS) is 11.3. The monoisotopic (exact) mass is 182 g/mol. The zero-order valence-electron chi connectivity index (χ0n) is 9.01. The van der Waals surface area contributed by atoms with Crippen LogP contribution in [0.5, 0.6) is 0 Å². The van der Waals surface area contributed by atoms with Crippen LogP contribution in [0.25, 0.3) is 0 Å². The van der Waals surface area contributed by atoms with E-state index in [1.807, 2.05) is 27.7 Å². The Hall–Kier alpha value is -0.970. The summed E-state index contributed by atoms with van der Waals surface area (Å²) in [6, 6.07) is 0. The lowest BCUT2D eigenvalue weighted by Crippen LogP contribution is -2.39. The third-order valence-electron chi connectivity index (χ3n) is 2.51. The second kappa shape index (κ2) is 4.32. The summed E-state index contributed by atoms with van der Waals surface area (Å²) in [7, 11) is 0. The summed E-state index contributed by atoms with van der Waals surface area (Å²) in [4.78, 5) is 11.2. The van der Waals surface area contributed by atoms with E-state index in [1.165, 1.54) is 0 Å². The lowest BCUT2D eigenvalue weighted by Gasteiger charge is -2.31. The molecule has 0 aromatic carbocycles. The van der Waals surface area contributed by atoms with Crippen LogP contribution in [-0.2, 0) is 4.79 Å². The molecule has 0 fully saturated rings. The van der Waals surface area contributed by atoms with Crippen LogP contribution in [0.1, 0.15) is 34.6 Å². The minimum Gasteiger partial charge on any atom is -0.480 e. The minimum atomic E-state index is -0.894. The zero-order valence-corrected chi connectivity index (χ0v) is 9.01. The summed E-state index contributed by atoms with van der Waals surface area (Å²) in [5, 5.41) is 9.19. The Morgan fingerprint density at radius 3 is 1.69 bits per heavy atom. The molecule has 0 bridgehead atoms. The fourth-order valence-corrected chi connectivity index (χ4v) is 1.71. The maximum atomic E-state index is 11.2. The molecular weight excluding hydrogens is 164 g/mol. The smallest absolute Gasteiger partial charge is 0.322 e. The van der Waals surface area contributed by atoms with Gasteiger partial charge in [-0.15, -0.1) is 5.92 Å². The largest absolute Gasteiger partial charge is 0.480 e. The van der Waals surface area contributed by atoms with Gasteiger partial charge in [-0.25, -0.2) is 0 Å². The van der Waals surface area contributed by atoms with Gasteiger partial charge in [0.2, 0.25) is 0 Å². The molecule has 0 aromatic rings. The van der Waals surface area contributed by atoms with Crippen molar-refractivity contribution in [2.24, 2.45) is 17.3 Å². The zero-order chi connectivity index (χ0) is 10.6. The predicted molar refractivity (Wildman–Crippen MR) is 53.2 cm³/mol. The van der Waals surface area contributed by atoms with E-state index in [4.69, 9.17) is 0 Å². The third kappa shape index (κ3) is 2.03. The standard InChI is InChI=1S/C11H18O2/c1-6-7-11(8(2)3,9(4)5)10(12)13/h8-9H,1-5H3,(H,12,13). The van der Waals surface area contributed by atoms with Gasteiger partial charge >= 0.3 is 5.97 Å². The van der Waals surface area contributed by atoms with E-state index in [9.17, 15) is 9.90 Å². The first-order chi connectivity index (χ1) is 5.89. The first-order valence-electron chi connectivity index (χ1n) is 4.56. The maximum absolute atomic E-state index is 11.2. The molecule has 0 heterocycles. The predicted octanol–water partition coefficient (Wildman–Crippen LogP) is 2.39. The van der Waals surface area contributed by atoms with Crippen LogP contribution in [0, 0.1) is 29.1 Å². The van der Waals surface area contributed by atoms with E-state index in [0.717, 1.165) is 0 Å².